The quantitative estimate of drug-likeness (QED) is 0.487. The molecular formula is H2BCaCuFeMn. The van der Waals surface area contributed by atoms with Gasteiger partial charge in [-0.05, 0) is 0 Å². The molecule has 0 atom stereocenters. The van der Waals surface area contributed by atoms with Crippen LogP contribution in [-0.4, -0.2) is 46.2 Å². The van der Waals surface area contributed by atoms with Crippen molar-refractivity contribution in [2.45, 2.75) is 0 Å². The van der Waals surface area contributed by atoms with Crippen LogP contribution in [0.5, 0.6) is 0 Å². The molecule has 33 valence electrons. The summed E-state index contributed by atoms with van der Waals surface area (Å²) < 4.78 is 0. The average Bonchev–Trinajstić information content (AvgIpc) is 0. The fourth-order valence-corrected chi connectivity index (χ4v) is 0. The molecule has 5 heteroatoms. The van der Waals surface area contributed by atoms with E-state index in [4.69, 9.17) is 0 Å². The van der Waals surface area contributed by atoms with Crippen LogP contribution >= 0.6 is 0 Å². The van der Waals surface area contributed by atoms with Crippen molar-refractivity contribution in [3.05, 3.63) is 0 Å². The molecule has 0 bridgehead atoms. The minimum absolute atomic E-state index is 0. The van der Waals surface area contributed by atoms with Crippen molar-refractivity contribution >= 4 is 46.2 Å². The van der Waals surface area contributed by atoms with E-state index < -0.39 is 0 Å². The monoisotopic (exact) mass is 227 g/mol. The summed E-state index contributed by atoms with van der Waals surface area (Å²) in [6.45, 7) is 0. The molecular weight excluding hydrogens is 225 g/mol. The minimum atomic E-state index is 0. The first-order valence-electron chi connectivity index (χ1n) is 0. The topological polar surface area (TPSA) is 0 Å². The van der Waals surface area contributed by atoms with Crippen LogP contribution in [0.3, 0.4) is 0 Å². The van der Waals surface area contributed by atoms with Gasteiger partial charge < -0.3 is 2.85 Å². The van der Waals surface area contributed by atoms with E-state index in [1.165, 1.54) is 0 Å². The van der Waals surface area contributed by atoms with Gasteiger partial charge >= 0.3 is 37.7 Å². The Labute approximate surface area is 98.6 Å². The first kappa shape index (κ1) is 44.9. The molecule has 0 saturated carbocycles. The van der Waals surface area contributed by atoms with Gasteiger partial charge in [0.2, 0.25) is 0 Å². The molecule has 0 aromatic rings. The van der Waals surface area contributed by atoms with Gasteiger partial charge in [-0.15, -0.1) is 0 Å². The largest absolute Gasteiger partial charge is 2.00 e. The molecule has 0 N–H and O–H groups in total. The first-order valence-corrected chi connectivity index (χ1v) is 0. The van der Waals surface area contributed by atoms with Crippen LogP contribution in [0.15, 0.2) is 0 Å². The third kappa shape index (κ3) is 19.7. The normalized spacial score (nSPS) is 0. The second-order valence-electron chi connectivity index (χ2n) is 0. The Hall–Kier alpha value is 2.88. The maximum Gasteiger partial charge on any atom is 2.00 e. The summed E-state index contributed by atoms with van der Waals surface area (Å²) >= 11 is 0. The van der Waals surface area contributed by atoms with Crippen molar-refractivity contribution in [3.63, 3.8) is 0 Å². The average molecular weight is 227 g/mol. The molecule has 0 aliphatic rings. The Morgan fingerprint density at radius 2 is 1.20 bits per heavy atom. The molecule has 0 fully saturated rings. The van der Waals surface area contributed by atoms with Crippen LogP contribution in [0.25, 0.3) is 0 Å². The van der Waals surface area contributed by atoms with Crippen LogP contribution in [-0.2, 0) is 51.2 Å². The van der Waals surface area contributed by atoms with Crippen LogP contribution in [0.4, 0.5) is 0 Å². The summed E-state index contributed by atoms with van der Waals surface area (Å²) in [6, 6.07) is 0. The van der Waals surface area contributed by atoms with Crippen molar-refractivity contribution in [2.75, 3.05) is 0 Å². The number of rotatable bonds is 0. The Bertz CT molecular complexity index is 17.7. The standard InChI is InChI=1S/B.Ca.Cu.Fe.Mn.2H/q;+2;;;;2*-1. The van der Waals surface area contributed by atoms with E-state index in [0.29, 0.717) is 0 Å². The van der Waals surface area contributed by atoms with Crippen molar-refractivity contribution in [2.24, 2.45) is 0 Å². The summed E-state index contributed by atoms with van der Waals surface area (Å²) in [5.74, 6) is 0. The fourth-order valence-electron chi connectivity index (χ4n) is 0. The Balaban J connectivity index is 0. The third-order valence-corrected chi connectivity index (χ3v) is 0. The van der Waals surface area contributed by atoms with Crippen molar-refractivity contribution in [1.82, 2.24) is 0 Å². The molecule has 0 unspecified atom stereocenters. The Kier molecular flexibility index (Phi) is 258. The molecule has 0 spiro atoms. The molecule has 0 heterocycles. The minimum Gasteiger partial charge on any atom is -1.00 e. The van der Waals surface area contributed by atoms with Gasteiger partial charge in [0.15, 0.2) is 0 Å². The van der Waals surface area contributed by atoms with Crippen LogP contribution in [0.1, 0.15) is 2.85 Å². The predicted molar refractivity (Wildman–Crippen MR) is 13.7 cm³/mol. The van der Waals surface area contributed by atoms with Gasteiger partial charge in [0.1, 0.15) is 0 Å². The second-order valence-corrected chi connectivity index (χ2v) is 0. The van der Waals surface area contributed by atoms with E-state index in [-0.39, 0.29) is 100 Å². The zero-order chi connectivity index (χ0) is 0. The molecule has 0 aliphatic carbocycles. The zero-order valence-corrected chi connectivity index (χ0v) is 7.75. The van der Waals surface area contributed by atoms with E-state index >= 15 is 0 Å². The smallest absolute Gasteiger partial charge is 1.00 e. The first-order chi connectivity index (χ1) is 0. The van der Waals surface area contributed by atoms with E-state index in [1.807, 2.05) is 0 Å². The molecule has 0 nitrogen and oxygen atoms in total. The third-order valence-electron chi connectivity index (χ3n) is 0. The van der Waals surface area contributed by atoms with Crippen LogP contribution in [0.2, 0.25) is 0 Å². The van der Waals surface area contributed by atoms with E-state index in [0.717, 1.165) is 0 Å². The van der Waals surface area contributed by atoms with Gasteiger partial charge in [-0.2, -0.15) is 0 Å². The summed E-state index contributed by atoms with van der Waals surface area (Å²) in [4.78, 5) is 0. The molecule has 0 aromatic carbocycles. The predicted octanol–water partition coefficient (Wildman–Crippen LogP) is -0.544. The van der Waals surface area contributed by atoms with Gasteiger partial charge in [-0.1, -0.05) is 0 Å². The maximum absolute atomic E-state index is 0. The maximum atomic E-state index is 0. The molecule has 0 aliphatic heterocycles. The van der Waals surface area contributed by atoms with Gasteiger partial charge in [-0.25, -0.2) is 0 Å². The van der Waals surface area contributed by atoms with Crippen molar-refractivity contribution in [3.8, 4) is 0 Å². The van der Waals surface area contributed by atoms with Gasteiger partial charge in [0, 0.05) is 59.6 Å². The summed E-state index contributed by atoms with van der Waals surface area (Å²) in [5, 5.41) is 0. The van der Waals surface area contributed by atoms with Crippen molar-refractivity contribution < 1.29 is 54.1 Å². The SMILES string of the molecule is [B].[Ca+2].[Cu].[Fe].[H-].[H-].[Mn]. The van der Waals surface area contributed by atoms with E-state index in [9.17, 15) is 0 Å². The summed E-state index contributed by atoms with van der Waals surface area (Å²) in [7, 11) is 0. The molecule has 5 radical (unpaired) electrons. The zero-order valence-electron chi connectivity index (χ0n) is 4.32. The van der Waals surface area contributed by atoms with E-state index in [2.05, 4.69) is 0 Å². The van der Waals surface area contributed by atoms with Gasteiger partial charge in [-0.3, -0.25) is 0 Å². The molecule has 0 saturated heterocycles. The fraction of sp³-hybridized carbons (Fsp3) is 0. The Morgan fingerprint density at radius 3 is 1.20 bits per heavy atom. The number of hydrogen-bond acceptors (Lipinski definition) is 0. The van der Waals surface area contributed by atoms with Crippen molar-refractivity contribution in [1.29, 1.82) is 0 Å². The van der Waals surface area contributed by atoms with Crippen LogP contribution in [0, 0.1) is 0 Å². The second kappa shape index (κ2) is 28.7. The molecule has 0 aromatic heterocycles. The van der Waals surface area contributed by atoms with E-state index in [1.54, 1.807) is 0 Å². The molecule has 5 heavy (non-hydrogen) atoms. The van der Waals surface area contributed by atoms with Gasteiger partial charge in [0.05, 0.1) is 0 Å². The van der Waals surface area contributed by atoms with Gasteiger partial charge in [0.25, 0.3) is 0 Å². The molecule has 0 amide bonds. The summed E-state index contributed by atoms with van der Waals surface area (Å²) in [5.41, 5.74) is 0. The Morgan fingerprint density at radius 1 is 1.20 bits per heavy atom. The summed E-state index contributed by atoms with van der Waals surface area (Å²) in [6.07, 6.45) is 0. The number of hydrogen-bond donors (Lipinski definition) is 0. The van der Waals surface area contributed by atoms with Crippen LogP contribution < -0.4 is 0 Å². The molecule has 0 rings (SSSR count).